The van der Waals surface area contributed by atoms with Crippen LogP contribution >= 0.6 is 77.2 Å². The van der Waals surface area contributed by atoms with Crippen molar-refractivity contribution < 1.29 is 0 Å². The van der Waals surface area contributed by atoms with E-state index < -0.39 is 0 Å². The highest BCUT2D eigenvalue weighted by Crippen LogP contribution is 2.46. The van der Waals surface area contributed by atoms with Crippen molar-refractivity contribution in [1.29, 1.82) is 0 Å². The monoisotopic (exact) mass is 572 g/mol. The summed E-state index contributed by atoms with van der Waals surface area (Å²) in [5.41, 5.74) is 4.90. The second-order valence-electron chi connectivity index (χ2n) is 6.40. The molecule has 0 spiro atoms. The summed E-state index contributed by atoms with van der Waals surface area (Å²) < 4.78 is 2.32. The topological polar surface area (TPSA) is 25.8 Å². The van der Waals surface area contributed by atoms with Crippen LogP contribution in [0.2, 0.25) is 0 Å². The Hall–Kier alpha value is -0.380. The highest BCUT2D eigenvalue weighted by atomic mass is 79.9. The van der Waals surface area contributed by atoms with Gasteiger partial charge in [0, 0.05) is 0 Å². The summed E-state index contributed by atoms with van der Waals surface area (Å²) >= 11 is 14.4. The minimum absolute atomic E-state index is 0.925. The highest BCUT2D eigenvalue weighted by Gasteiger charge is 2.22. The molecule has 0 N–H and O–H groups in total. The van der Waals surface area contributed by atoms with Crippen molar-refractivity contribution in [1.82, 2.24) is 9.97 Å². The molecule has 0 amide bonds. The van der Waals surface area contributed by atoms with Gasteiger partial charge in [0.2, 0.25) is 0 Å². The molecule has 0 fully saturated rings. The summed E-state index contributed by atoms with van der Waals surface area (Å²) in [4.78, 5) is 15.0. The number of nitrogens with zero attached hydrogens (tertiary/aromatic N) is 2. The fourth-order valence-corrected chi connectivity index (χ4v) is 9.21. The molecule has 4 aromatic rings. The molecule has 0 aliphatic heterocycles. The van der Waals surface area contributed by atoms with E-state index in [0.717, 1.165) is 32.3 Å². The minimum Gasteiger partial charge on any atom is -0.240 e. The summed E-state index contributed by atoms with van der Waals surface area (Å²) in [5, 5.41) is 2.23. The molecule has 0 saturated heterocycles. The van der Waals surface area contributed by atoms with Crippen molar-refractivity contribution in [2.24, 2.45) is 0 Å². The van der Waals surface area contributed by atoms with Gasteiger partial charge >= 0.3 is 0 Å². The van der Waals surface area contributed by atoms with Gasteiger partial charge in [-0.2, -0.15) is 0 Å². The largest absolute Gasteiger partial charge is 0.240 e. The van der Waals surface area contributed by atoms with E-state index in [1.165, 1.54) is 40.1 Å². The number of rotatable bonds is 5. The molecule has 0 aliphatic rings. The van der Waals surface area contributed by atoms with E-state index in [-0.39, 0.29) is 0 Å². The third-order valence-electron chi connectivity index (χ3n) is 4.47. The number of thiophene rings is 2. The van der Waals surface area contributed by atoms with E-state index in [1.54, 1.807) is 45.3 Å². The van der Waals surface area contributed by atoms with Crippen LogP contribution in [0.25, 0.3) is 29.5 Å². The summed E-state index contributed by atoms with van der Waals surface area (Å²) in [6, 6.07) is 4.39. The summed E-state index contributed by atoms with van der Waals surface area (Å²) in [6.45, 7) is 8.66. The van der Waals surface area contributed by atoms with Crippen LogP contribution in [0.3, 0.4) is 0 Å². The predicted molar refractivity (Wildman–Crippen MR) is 133 cm³/mol. The fraction of sp³-hybridized carbons (Fsp3) is 0.300. The zero-order valence-electron chi connectivity index (χ0n) is 15.9. The molecule has 0 atom stereocenters. The molecule has 28 heavy (non-hydrogen) atoms. The molecular formula is C20H18Br2N2S4. The Morgan fingerprint density at radius 3 is 2.04 bits per heavy atom. The van der Waals surface area contributed by atoms with Crippen LogP contribution in [0, 0.1) is 13.8 Å². The maximum atomic E-state index is 4.99. The van der Waals surface area contributed by atoms with Crippen LogP contribution < -0.4 is 0 Å². The molecule has 0 saturated carbocycles. The van der Waals surface area contributed by atoms with Crippen LogP contribution in [-0.2, 0) is 12.8 Å². The third-order valence-corrected chi connectivity index (χ3v) is 10.6. The molecule has 2 nitrogen and oxygen atoms in total. The summed E-state index contributed by atoms with van der Waals surface area (Å²) in [6.07, 6.45) is 1.94. The fourth-order valence-electron chi connectivity index (χ4n) is 3.06. The molecule has 0 aliphatic carbocycles. The quantitative estimate of drug-likeness (QED) is 0.238. The maximum Gasteiger partial charge on any atom is 0.134 e. The van der Waals surface area contributed by atoms with E-state index in [4.69, 9.17) is 9.97 Å². The van der Waals surface area contributed by atoms with E-state index in [2.05, 4.69) is 71.7 Å². The molecule has 0 aromatic carbocycles. The lowest BCUT2D eigenvalue weighted by molar-refractivity contribution is 1.07. The molecule has 8 heteroatoms. The molecule has 146 valence electrons. The standard InChI is InChI=1S/C20H18Br2N2S4/c1-5-11-8-14(22)26-17(11)20-23-10(4)16(27-20)18-12(6-2)24-19(28-18)15-9(3)7-13(21)25-15/h7-8H,5-6H2,1-4H3. The van der Waals surface area contributed by atoms with Crippen LogP contribution in [0.15, 0.2) is 19.7 Å². The average molecular weight is 574 g/mol. The van der Waals surface area contributed by atoms with Crippen molar-refractivity contribution in [2.75, 3.05) is 0 Å². The van der Waals surface area contributed by atoms with Gasteiger partial charge in [0.15, 0.2) is 0 Å². The Morgan fingerprint density at radius 1 is 0.750 bits per heavy atom. The van der Waals surface area contributed by atoms with Gasteiger partial charge in [-0.15, -0.1) is 45.3 Å². The molecule has 0 bridgehead atoms. The molecule has 0 radical (unpaired) electrons. The first-order chi connectivity index (χ1) is 13.4. The highest BCUT2D eigenvalue weighted by molar-refractivity contribution is 9.11. The van der Waals surface area contributed by atoms with Crippen LogP contribution in [0.1, 0.15) is 36.4 Å². The van der Waals surface area contributed by atoms with Crippen LogP contribution in [0.4, 0.5) is 0 Å². The average Bonchev–Trinajstić information content (AvgIpc) is 3.40. The van der Waals surface area contributed by atoms with E-state index in [0.29, 0.717) is 0 Å². The van der Waals surface area contributed by atoms with E-state index in [9.17, 15) is 0 Å². The number of halogens is 2. The number of aryl methyl sites for hydroxylation is 4. The van der Waals surface area contributed by atoms with Gasteiger partial charge in [0.1, 0.15) is 10.0 Å². The van der Waals surface area contributed by atoms with Gasteiger partial charge < -0.3 is 0 Å². The Bertz CT molecular complexity index is 1150. The lowest BCUT2D eigenvalue weighted by Crippen LogP contribution is -1.84. The summed E-state index contributed by atoms with van der Waals surface area (Å²) in [5.74, 6) is 0. The number of hydrogen-bond donors (Lipinski definition) is 0. The number of thiazole rings is 2. The molecule has 4 heterocycles. The lowest BCUT2D eigenvalue weighted by atomic mass is 10.2. The first kappa shape index (κ1) is 20.9. The van der Waals surface area contributed by atoms with Crippen LogP contribution in [0.5, 0.6) is 0 Å². The van der Waals surface area contributed by atoms with Crippen molar-refractivity contribution in [3.05, 3.63) is 42.2 Å². The molecular weight excluding hydrogens is 556 g/mol. The Morgan fingerprint density at radius 2 is 1.39 bits per heavy atom. The smallest absolute Gasteiger partial charge is 0.134 e. The molecule has 0 unspecified atom stereocenters. The lowest BCUT2D eigenvalue weighted by Gasteiger charge is -1.96. The molecule has 4 aromatic heterocycles. The second-order valence-corrected chi connectivity index (χ2v) is 13.3. The SMILES string of the molecule is CCc1cc(Br)sc1-c1nc(C)c(-c2sc(-c3sc(Br)cc3C)nc2CC)s1. The Balaban J connectivity index is 1.81. The second kappa shape index (κ2) is 8.40. The van der Waals surface area contributed by atoms with Crippen LogP contribution in [-0.4, -0.2) is 9.97 Å². The predicted octanol–water partition coefficient (Wildman–Crippen LogP) is 8.99. The first-order valence-corrected chi connectivity index (χ1v) is 13.8. The van der Waals surface area contributed by atoms with Gasteiger partial charge in [0.25, 0.3) is 0 Å². The van der Waals surface area contributed by atoms with Gasteiger partial charge in [-0.25, -0.2) is 9.97 Å². The molecule has 4 rings (SSSR count). The van der Waals surface area contributed by atoms with E-state index >= 15 is 0 Å². The third kappa shape index (κ3) is 3.84. The minimum atomic E-state index is 0.925. The van der Waals surface area contributed by atoms with Gasteiger partial charge in [0.05, 0.1) is 38.5 Å². The van der Waals surface area contributed by atoms with Crippen molar-refractivity contribution >= 4 is 77.2 Å². The van der Waals surface area contributed by atoms with Crippen molar-refractivity contribution in [3.8, 4) is 29.5 Å². The Kier molecular flexibility index (Phi) is 6.26. The first-order valence-electron chi connectivity index (χ1n) is 8.93. The summed E-state index contributed by atoms with van der Waals surface area (Å²) in [7, 11) is 0. The Labute approximate surface area is 198 Å². The number of aromatic nitrogens is 2. The normalized spacial score (nSPS) is 11.5. The maximum absolute atomic E-state index is 4.99. The zero-order valence-corrected chi connectivity index (χ0v) is 22.3. The van der Waals surface area contributed by atoms with Gasteiger partial charge in [-0.3, -0.25) is 0 Å². The van der Waals surface area contributed by atoms with Crippen molar-refractivity contribution in [2.45, 2.75) is 40.5 Å². The van der Waals surface area contributed by atoms with Gasteiger partial charge in [-0.1, -0.05) is 13.8 Å². The van der Waals surface area contributed by atoms with E-state index in [1.807, 2.05) is 0 Å². The van der Waals surface area contributed by atoms with Gasteiger partial charge in [-0.05, 0) is 81.8 Å². The number of hydrogen-bond acceptors (Lipinski definition) is 6. The zero-order chi connectivity index (χ0) is 20.0. The van der Waals surface area contributed by atoms with Crippen molar-refractivity contribution in [3.63, 3.8) is 0 Å².